The Morgan fingerprint density at radius 3 is 2.31 bits per heavy atom. The van der Waals surface area contributed by atoms with Crippen molar-refractivity contribution >= 4 is 0 Å². The van der Waals surface area contributed by atoms with Gasteiger partial charge in [-0.05, 0) is 50.2 Å². The van der Waals surface area contributed by atoms with Crippen molar-refractivity contribution < 1.29 is 0 Å². The number of nitrogens with zero attached hydrogens (tertiary/aromatic N) is 1. The van der Waals surface area contributed by atoms with E-state index in [9.17, 15) is 0 Å². The third-order valence-electron chi connectivity index (χ3n) is 4.00. The van der Waals surface area contributed by atoms with Crippen molar-refractivity contribution in [2.75, 3.05) is 19.6 Å². The highest BCUT2D eigenvalue weighted by Gasteiger charge is 2.42. The molecule has 0 aromatic carbocycles. The van der Waals surface area contributed by atoms with Gasteiger partial charge in [-0.3, -0.25) is 4.90 Å². The van der Waals surface area contributed by atoms with Gasteiger partial charge in [0.2, 0.25) is 0 Å². The van der Waals surface area contributed by atoms with Crippen LogP contribution in [0.3, 0.4) is 0 Å². The Hall–Kier alpha value is -0.0800. The molecule has 0 aliphatic carbocycles. The van der Waals surface area contributed by atoms with E-state index in [1.807, 2.05) is 0 Å². The smallest absolute Gasteiger partial charge is 0.0161 e. The highest BCUT2D eigenvalue weighted by Crippen LogP contribution is 2.39. The third-order valence-corrected chi connectivity index (χ3v) is 4.00. The largest absolute Gasteiger partial charge is 0.330 e. The SMILES string of the molecule is CC(C)C1C(CN)C2CCN1CC2. The lowest BCUT2D eigenvalue weighted by atomic mass is 9.70. The van der Waals surface area contributed by atoms with Crippen LogP contribution in [0, 0.1) is 17.8 Å². The predicted octanol–water partition coefficient (Wildman–Crippen LogP) is 1.31. The summed E-state index contributed by atoms with van der Waals surface area (Å²) in [4.78, 5) is 2.67. The van der Waals surface area contributed by atoms with Crippen LogP contribution in [0.4, 0.5) is 0 Å². The van der Waals surface area contributed by atoms with Crippen molar-refractivity contribution in [3.8, 4) is 0 Å². The minimum atomic E-state index is 0.775. The van der Waals surface area contributed by atoms with Gasteiger partial charge in [-0.2, -0.15) is 0 Å². The zero-order valence-electron chi connectivity index (χ0n) is 8.87. The van der Waals surface area contributed by atoms with E-state index in [4.69, 9.17) is 5.73 Å². The molecule has 3 heterocycles. The number of hydrogen-bond donors (Lipinski definition) is 1. The van der Waals surface area contributed by atoms with Gasteiger partial charge >= 0.3 is 0 Å². The number of hydrogen-bond acceptors (Lipinski definition) is 2. The van der Waals surface area contributed by atoms with E-state index >= 15 is 0 Å². The summed E-state index contributed by atoms with van der Waals surface area (Å²) < 4.78 is 0. The summed E-state index contributed by atoms with van der Waals surface area (Å²) in [5.74, 6) is 2.49. The summed E-state index contributed by atoms with van der Waals surface area (Å²) in [5, 5.41) is 0. The van der Waals surface area contributed by atoms with Gasteiger partial charge < -0.3 is 5.73 Å². The number of rotatable bonds is 2. The Bertz CT molecular complexity index is 171. The molecule has 3 aliphatic heterocycles. The molecule has 0 aromatic heterocycles. The molecule has 2 nitrogen and oxygen atoms in total. The fraction of sp³-hybridized carbons (Fsp3) is 1.00. The molecule has 76 valence electrons. The molecule has 0 aromatic rings. The third kappa shape index (κ3) is 1.50. The normalized spacial score (nSPS) is 44.3. The van der Waals surface area contributed by atoms with E-state index in [0.717, 1.165) is 30.3 Å². The molecule has 0 amide bonds. The lowest BCUT2D eigenvalue weighted by Crippen LogP contribution is -2.58. The van der Waals surface area contributed by atoms with E-state index in [1.54, 1.807) is 0 Å². The van der Waals surface area contributed by atoms with Crippen LogP contribution in [0.15, 0.2) is 0 Å². The molecule has 3 rings (SSSR count). The van der Waals surface area contributed by atoms with Crippen molar-refractivity contribution in [1.82, 2.24) is 4.90 Å². The second-order valence-electron chi connectivity index (χ2n) is 5.01. The van der Waals surface area contributed by atoms with Gasteiger partial charge in [0.15, 0.2) is 0 Å². The topological polar surface area (TPSA) is 29.3 Å². The summed E-state index contributed by atoms with van der Waals surface area (Å²) >= 11 is 0. The van der Waals surface area contributed by atoms with Gasteiger partial charge in [-0.15, -0.1) is 0 Å². The van der Waals surface area contributed by atoms with E-state index < -0.39 is 0 Å². The van der Waals surface area contributed by atoms with Crippen LogP contribution >= 0.6 is 0 Å². The van der Waals surface area contributed by atoms with Crippen molar-refractivity contribution in [2.24, 2.45) is 23.5 Å². The van der Waals surface area contributed by atoms with Gasteiger partial charge in [0.05, 0.1) is 0 Å². The van der Waals surface area contributed by atoms with E-state index in [0.29, 0.717) is 0 Å². The molecule has 2 bridgehead atoms. The van der Waals surface area contributed by atoms with Crippen molar-refractivity contribution in [3.63, 3.8) is 0 Å². The summed E-state index contributed by atoms with van der Waals surface area (Å²) in [5.41, 5.74) is 5.89. The van der Waals surface area contributed by atoms with Crippen LogP contribution < -0.4 is 5.73 Å². The number of fused-ring (bicyclic) bond motifs is 3. The maximum Gasteiger partial charge on any atom is 0.0161 e. The molecule has 3 aliphatic rings. The van der Waals surface area contributed by atoms with E-state index in [-0.39, 0.29) is 0 Å². The first-order chi connectivity index (χ1) is 6.24. The number of nitrogens with two attached hydrogens (primary N) is 1. The molecule has 2 N–H and O–H groups in total. The van der Waals surface area contributed by atoms with Crippen molar-refractivity contribution in [1.29, 1.82) is 0 Å². The monoisotopic (exact) mass is 182 g/mol. The number of piperidine rings is 3. The summed E-state index contributed by atoms with van der Waals surface area (Å²) in [6.45, 7) is 8.22. The van der Waals surface area contributed by atoms with Crippen LogP contribution in [0.2, 0.25) is 0 Å². The summed E-state index contributed by atoms with van der Waals surface area (Å²) in [7, 11) is 0. The van der Waals surface area contributed by atoms with E-state index in [2.05, 4.69) is 18.7 Å². The summed E-state index contributed by atoms with van der Waals surface area (Å²) in [6, 6.07) is 0.775. The van der Waals surface area contributed by atoms with Crippen molar-refractivity contribution in [2.45, 2.75) is 32.7 Å². The first-order valence-corrected chi connectivity index (χ1v) is 5.68. The second kappa shape index (κ2) is 3.58. The zero-order valence-corrected chi connectivity index (χ0v) is 8.87. The molecule has 2 atom stereocenters. The Morgan fingerprint density at radius 1 is 1.31 bits per heavy atom. The average molecular weight is 182 g/mol. The minimum Gasteiger partial charge on any atom is -0.330 e. The Balaban J connectivity index is 2.14. The lowest BCUT2D eigenvalue weighted by molar-refractivity contribution is -0.0275. The Kier molecular flexibility index (Phi) is 2.61. The fourth-order valence-corrected chi connectivity index (χ4v) is 3.44. The highest BCUT2D eigenvalue weighted by molar-refractivity contribution is 4.95. The average Bonchev–Trinajstić information content (AvgIpc) is 2.17. The molecular weight excluding hydrogens is 160 g/mol. The van der Waals surface area contributed by atoms with Crippen LogP contribution in [0.25, 0.3) is 0 Å². The first kappa shape index (κ1) is 9.47. The summed E-state index contributed by atoms with van der Waals surface area (Å²) in [6.07, 6.45) is 2.79. The molecule has 0 saturated carbocycles. The van der Waals surface area contributed by atoms with Crippen LogP contribution in [0.5, 0.6) is 0 Å². The first-order valence-electron chi connectivity index (χ1n) is 5.68. The molecule has 3 saturated heterocycles. The molecule has 3 fully saturated rings. The van der Waals surface area contributed by atoms with Crippen LogP contribution in [0.1, 0.15) is 26.7 Å². The molecule has 0 spiro atoms. The van der Waals surface area contributed by atoms with Crippen molar-refractivity contribution in [3.05, 3.63) is 0 Å². The van der Waals surface area contributed by atoms with Crippen LogP contribution in [-0.4, -0.2) is 30.6 Å². The Morgan fingerprint density at radius 2 is 1.92 bits per heavy atom. The van der Waals surface area contributed by atoms with Gasteiger partial charge in [0.25, 0.3) is 0 Å². The fourth-order valence-electron chi connectivity index (χ4n) is 3.44. The maximum atomic E-state index is 5.89. The van der Waals surface area contributed by atoms with Gasteiger partial charge in [-0.25, -0.2) is 0 Å². The maximum absolute atomic E-state index is 5.89. The molecule has 2 unspecified atom stereocenters. The highest BCUT2D eigenvalue weighted by atomic mass is 15.2. The van der Waals surface area contributed by atoms with Crippen LogP contribution in [-0.2, 0) is 0 Å². The van der Waals surface area contributed by atoms with Gasteiger partial charge in [-0.1, -0.05) is 13.8 Å². The second-order valence-corrected chi connectivity index (χ2v) is 5.01. The molecule has 13 heavy (non-hydrogen) atoms. The van der Waals surface area contributed by atoms with Gasteiger partial charge in [0.1, 0.15) is 0 Å². The van der Waals surface area contributed by atoms with E-state index in [1.165, 1.54) is 25.9 Å². The molecular formula is C11H22N2. The molecule has 2 heteroatoms. The van der Waals surface area contributed by atoms with Gasteiger partial charge in [0, 0.05) is 6.04 Å². The standard InChI is InChI=1S/C11H22N2/c1-8(2)11-10(7-12)9-3-5-13(11)6-4-9/h8-11H,3-7,12H2,1-2H3. The minimum absolute atomic E-state index is 0.775. The molecule has 0 radical (unpaired) electrons. The Labute approximate surface area is 81.5 Å². The quantitative estimate of drug-likeness (QED) is 0.697. The lowest BCUT2D eigenvalue weighted by Gasteiger charge is -2.52. The zero-order chi connectivity index (χ0) is 9.42. The predicted molar refractivity (Wildman–Crippen MR) is 55.5 cm³/mol.